The minimum atomic E-state index is 0.898. The molecule has 0 bridgehead atoms. The molecule has 0 fully saturated rings. The molecule has 0 saturated heterocycles. The summed E-state index contributed by atoms with van der Waals surface area (Å²) in [4.78, 5) is 0. The molecule has 0 aromatic rings. The van der Waals surface area contributed by atoms with Gasteiger partial charge in [0, 0.05) is 0 Å². The zero-order valence-electron chi connectivity index (χ0n) is 6.69. The molecular formula is C8H19P. The van der Waals surface area contributed by atoms with Crippen LogP contribution in [0.15, 0.2) is 0 Å². The van der Waals surface area contributed by atoms with E-state index >= 15 is 0 Å². The molecule has 9 heavy (non-hydrogen) atoms. The zero-order chi connectivity index (χ0) is 7.11. The van der Waals surface area contributed by atoms with Crippen molar-refractivity contribution in [2.24, 2.45) is 5.92 Å². The zero-order valence-corrected chi connectivity index (χ0v) is 7.84. The summed E-state index contributed by atoms with van der Waals surface area (Å²) in [5.74, 6) is 0.898. The summed E-state index contributed by atoms with van der Waals surface area (Å²) < 4.78 is 0. The first kappa shape index (κ1) is 9.43. The van der Waals surface area contributed by atoms with Gasteiger partial charge in [-0.15, -0.1) is 9.24 Å². The van der Waals surface area contributed by atoms with Gasteiger partial charge in [0.05, 0.1) is 0 Å². The van der Waals surface area contributed by atoms with E-state index in [1.54, 1.807) is 0 Å². The Morgan fingerprint density at radius 3 is 2.22 bits per heavy atom. The fourth-order valence-electron chi connectivity index (χ4n) is 0.874. The molecule has 0 aliphatic carbocycles. The van der Waals surface area contributed by atoms with Crippen LogP contribution in [0.1, 0.15) is 39.5 Å². The second kappa shape index (κ2) is 6.55. The van der Waals surface area contributed by atoms with E-state index in [0.717, 1.165) is 5.92 Å². The van der Waals surface area contributed by atoms with Gasteiger partial charge in [0.15, 0.2) is 0 Å². The Labute approximate surface area is 61.6 Å². The lowest BCUT2D eigenvalue weighted by molar-refractivity contribution is 0.535. The summed E-state index contributed by atoms with van der Waals surface area (Å²) in [5, 5.41) is 0. The molecule has 0 amide bonds. The van der Waals surface area contributed by atoms with Crippen LogP contribution in [-0.2, 0) is 0 Å². The summed E-state index contributed by atoms with van der Waals surface area (Å²) in [6.45, 7) is 4.58. The average molecular weight is 146 g/mol. The number of rotatable bonds is 5. The molecule has 56 valence electrons. The fraction of sp³-hybridized carbons (Fsp3) is 1.00. The molecule has 1 atom stereocenters. The first-order chi connectivity index (χ1) is 4.27. The first-order valence-corrected chi connectivity index (χ1v) is 4.79. The minimum Gasteiger partial charge on any atom is -0.138 e. The molecule has 0 radical (unpaired) electrons. The summed E-state index contributed by atoms with van der Waals surface area (Å²) in [6, 6.07) is 0. The van der Waals surface area contributed by atoms with Gasteiger partial charge in [0.2, 0.25) is 0 Å². The van der Waals surface area contributed by atoms with Crippen LogP contribution in [-0.4, -0.2) is 6.16 Å². The van der Waals surface area contributed by atoms with Crippen molar-refractivity contribution in [1.82, 2.24) is 0 Å². The van der Waals surface area contributed by atoms with Crippen molar-refractivity contribution < 1.29 is 0 Å². The smallest absolute Gasteiger partial charge is 0.0381 e. The third-order valence-electron chi connectivity index (χ3n) is 1.49. The second-order valence-corrected chi connectivity index (χ2v) is 3.61. The van der Waals surface area contributed by atoms with Crippen molar-refractivity contribution >= 4 is 9.24 Å². The number of hydrogen-bond donors (Lipinski definition) is 0. The van der Waals surface area contributed by atoms with Gasteiger partial charge >= 0.3 is 0 Å². The van der Waals surface area contributed by atoms with Crippen molar-refractivity contribution in [3.8, 4) is 0 Å². The van der Waals surface area contributed by atoms with Gasteiger partial charge in [-0.3, -0.25) is 0 Å². The van der Waals surface area contributed by atoms with Gasteiger partial charge in [0.1, 0.15) is 0 Å². The molecule has 0 nitrogen and oxygen atoms in total. The van der Waals surface area contributed by atoms with E-state index in [1.807, 2.05) is 0 Å². The number of hydrogen-bond acceptors (Lipinski definition) is 0. The van der Waals surface area contributed by atoms with Crippen LogP contribution in [0.5, 0.6) is 0 Å². The Balaban J connectivity index is 2.75. The molecule has 1 unspecified atom stereocenters. The molecule has 0 aliphatic rings. The Kier molecular flexibility index (Phi) is 6.86. The Morgan fingerprint density at radius 1 is 1.11 bits per heavy atom. The molecule has 0 aromatic heterocycles. The topological polar surface area (TPSA) is 0 Å². The lowest BCUT2D eigenvalue weighted by Gasteiger charge is -2.01. The molecule has 0 saturated carbocycles. The Hall–Kier alpha value is 0.430. The van der Waals surface area contributed by atoms with Gasteiger partial charge in [-0.25, -0.2) is 0 Å². The van der Waals surface area contributed by atoms with E-state index < -0.39 is 0 Å². The van der Waals surface area contributed by atoms with Crippen LogP contribution < -0.4 is 0 Å². The summed E-state index contributed by atoms with van der Waals surface area (Å²) in [7, 11) is 2.77. The summed E-state index contributed by atoms with van der Waals surface area (Å²) in [6.07, 6.45) is 6.91. The lowest BCUT2D eigenvalue weighted by atomic mass is 10.1. The summed E-state index contributed by atoms with van der Waals surface area (Å²) in [5.41, 5.74) is 0. The monoisotopic (exact) mass is 146 g/mol. The van der Waals surface area contributed by atoms with Crippen LogP contribution in [0.25, 0.3) is 0 Å². The third-order valence-corrected chi connectivity index (χ3v) is 1.89. The van der Waals surface area contributed by atoms with E-state index in [0.29, 0.717) is 0 Å². The van der Waals surface area contributed by atoms with Gasteiger partial charge in [0.25, 0.3) is 0 Å². The highest BCUT2D eigenvalue weighted by molar-refractivity contribution is 7.16. The van der Waals surface area contributed by atoms with Crippen LogP contribution in [0.4, 0.5) is 0 Å². The largest absolute Gasteiger partial charge is 0.138 e. The predicted octanol–water partition coefficient (Wildman–Crippen LogP) is 3.08. The second-order valence-electron chi connectivity index (χ2n) is 3.03. The Morgan fingerprint density at radius 2 is 1.78 bits per heavy atom. The van der Waals surface area contributed by atoms with E-state index in [2.05, 4.69) is 23.1 Å². The molecule has 0 heterocycles. The third kappa shape index (κ3) is 8.43. The van der Waals surface area contributed by atoms with Crippen LogP contribution in [0, 0.1) is 5.92 Å². The first-order valence-electron chi connectivity index (χ1n) is 3.97. The van der Waals surface area contributed by atoms with Crippen molar-refractivity contribution in [3.63, 3.8) is 0 Å². The minimum absolute atomic E-state index is 0.898. The number of unbranched alkanes of at least 4 members (excludes halogenated alkanes) is 2. The molecule has 0 N–H and O–H groups in total. The maximum Gasteiger partial charge on any atom is -0.0381 e. The quantitative estimate of drug-likeness (QED) is 0.413. The fourth-order valence-corrected chi connectivity index (χ4v) is 1.16. The van der Waals surface area contributed by atoms with E-state index in [4.69, 9.17) is 0 Å². The van der Waals surface area contributed by atoms with Crippen molar-refractivity contribution in [1.29, 1.82) is 0 Å². The van der Waals surface area contributed by atoms with Gasteiger partial charge in [-0.2, -0.15) is 0 Å². The molecule has 0 rings (SSSR count). The van der Waals surface area contributed by atoms with Gasteiger partial charge in [-0.05, 0) is 18.5 Å². The Bertz CT molecular complexity index is 50.5. The van der Waals surface area contributed by atoms with Gasteiger partial charge in [-0.1, -0.05) is 33.1 Å². The average Bonchev–Trinajstić information content (AvgIpc) is 1.80. The van der Waals surface area contributed by atoms with Crippen LogP contribution in [0.3, 0.4) is 0 Å². The highest BCUT2D eigenvalue weighted by Crippen LogP contribution is 2.08. The maximum atomic E-state index is 2.77. The van der Waals surface area contributed by atoms with Crippen LogP contribution in [0.2, 0.25) is 0 Å². The molecule has 0 aromatic carbocycles. The maximum absolute atomic E-state index is 2.77. The van der Waals surface area contributed by atoms with Gasteiger partial charge < -0.3 is 0 Å². The SMILES string of the molecule is CC(C)CCCCCP. The highest BCUT2D eigenvalue weighted by atomic mass is 31.0. The van der Waals surface area contributed by atoms with E-state index in [-0.39, 0.29) is 0 Å². The summed E-state index contributed by atoms with van der Waals surface area (Å²) >= 11 is 0. The van der Waals surface area contributed by atoms with E-state index in [1.165, 1.54) is 31.8 Å². The standard InChI is InChI=1S/C8H19P/c1-8(2)6-4-3-5-7-9/h8H,3-7,9H2,1-2H3. The molecule has 0 spiro atoms. The molecule has 1 heteroatoms. The van der Waals surface area contributed by atoms with Crippen molar-refractivity contribution in [2.75, 3.05) is 6.16 Å². The molecule has 0 aliphatic heterocycles. The predicted molar refractivity (Wildman–Crippen MR) is 47.9 cm³/mol. The lowest BCUT2D eigenvalue weighted by Crippen LogP contribution is -1.86. The highest BCUT2D eigenvalue weighted by Gasteiger charge is 1.91. The molecular weight excluding hydrogens is 127 g/mol. The van der Waals surface area contributed by atoms with E-state index in [9.17, 15) is 0 Å². The van der Waals surface area contributed by atoms with Crippen molar-refractivity contribution in [2.45, 2.75) is 39.5 Å². The normalized spacial score (nSPS) is 10.7. The van der Waals surface area contributed by atoms with Crippen LogP contribution >= 0.6 is 9.24 Å². The van der Waals surface area contributed by atoms with Crippen molar-refractivity contribution in [3.05, 3.63) is 0 Å².